The summed E-state index contributed by atoms with van der Waals surface area (Å²) in [5.74, 6) is -0.545. The fourth-order valence-electron chi connectivity index (χ4n) is 18.0. The number of aliphatic hydroxyl groups is 4. The number of aromatic hydroxyl groups is 1. The molecule has 702 valence electrons. The second-order valence-electron chi connectivity index (χ2n) is 41.0. The lowest BCUT2D eigenvalue weighted by Gasteiger charge is -2.39. The third-order valence-corrected chi connectivity index (χ3v) is 34.8. The van der Waals surface area contributed by atoms with Crippen LogP contribution < -0.4 is 23.7 Å². The van der Waals surface area contributed by atoms with Gasteiger partial charge in [0.25, 0.3) is 6.01 Å². The Bertz CT molecular complexity index is 5550. The minimum absolute atomic E-state index is 0.0503. The molecule has 6 N–H and O–H groups in total. The van der Waals surface area contributed by atoms with E-state index in [0.29, 0.717) is 171 Å². The number of hydrogen-bond acceptors (Lipinski definition) is 25. The van der Waals surface area contributed by atoms with Gasteiger partial charge in [-0.15, -0.1) is 0 Å². The number of phenolic OH excluding ortho intramolecular Hbond substituents is 1. The first kappa shape index (κ1) is 95.3. The maximum Gasteiger partial charge on any atom is 0.301 e. The molecule has 15 atom stereocenters. The average Bonchev–Trinajstić information content (AvgIpc) is 1.62. The normalized spacial score (nSPS) is 25.4. The van der Waals surface area contributed by atoms with Crippen molar-refractivity contribution in [3.8, 4) is 35.3 Å². The van der Waals surface area contributed by atoms with Gasteiger partial charge >= 0.3 is 12.0 Å². The lowest BCUT2D eigenvalue weighted by Crippen LogP contribution is -2.47. The smallest absolute Gasteiger partial charge is 0.301 e. The van der Waals surface area contributed by atoms with Crippen molar-refractivity contribution in [3.05, 3.63) is 138 Å². The summed E-state index contributed by atoms with van der Waals surface area (Å²) in [6, 6.07) is 17.6. The molecule has 28 nitrogen and oxygen atoms in total. The fraction of sp³-hybridized carbons (Fsp3) is 0.609. The fourth-order valence-corrected chi connectivity index (χ4v) is 21.5. The number of nitrogens with zero attached hydrogens (tertiary/aromatic N) is 8. The molecule has 6 aromatic heterocycles. The molecule has 3 unspecified atom stereocenters. The minimum Gasteiger partial charge on any atom is -0.508 e. The van der Waals surface area contributed by atoms with E-state index in [1.54, 1.807) is 56.5 Å². The molecule has 9 aliphatic rings. The average molecular weight is 1900 g/mol. The van der Waals surface area contributed by atoms with E-state index in [1.165, 1.54) is 18.2 Å². The number of aryl methyl sites for hydroxylation is 3. The second-order valence-corrected chi connectivity index (χ2v) is 58.2. The zero-order chi connectivity index (χ0) is 91.9. The molecule has 6 fully saturated rings. The summed E-state index contributed by atoms with van der Waals surface area (Å²) in [4.78, 5) is 31.7. The highest BCUT2D eigenvalue weighted by molar-refractivity contribution is 6.76. The van der Waals surface area contributed by atoms with E-state index in [-0.39, 0.29) is 129 Å². The molecule has 3 aliphatic carbocycles. The van der Waals surface area contributed by atoms with Crippen LogP contribution in [0.4, 0.5) is 13.2 Å². The van der Waals surface area contributed by atoms with Gasteiger partial charge in [0.05, 0.1) is 94.6 Å². The molecule has 6 aliphatic heterocycles. The molecule has 3 aromatic carbocycles. The molecule has 129 heavy (non-hydrogen) atoms. The van der Waals surface area contributed by atoms with E-state index in [2.05, 4.69) is 88.1 Å². The van der Waals surface area contributed by atoms with Crippen LogP contribution in [-0.4, -0.2) is 245 Å². The summed E-state index contributed by atoms with van der Waals surface area (Å²) >= 11 is 20.1. The maximum atomic E-state index is 15.4. The number of aliphatic hydroxyl groups excluding tert-OH is 2. The van der Waals surface area contributed by atoms with E-state index >= 15 is 8.78 Å². The first-order chi connectivity index (χ1) is 60.9. The van der Waals surface area contributed by atoms with Gasteiger partial charge in [-0.25, -0.2) is 28.1 Å². The van der Waals surface area contributed by atoms with Crippen LogP contribution in [0.3, 0.4) is 0 Å². The van der Waals surface area contributed by atoms with Gasteiger partial charge in [0, 0.05) is 47.6 Å². The number of rotatable bonds is 30. The van der Waals surface area contributed by atoms with Crippen molar-refractivity contribution >= 4 is 92.8 Å². The molecule has 12 heterocycles. The number of hydrogen-bond donors (Lipinski definition) is 6. The van der Waals surface area contributed by atoms with Crippen molar-refractivity contribution in [2.75, 3.05) is 66.1 Å². The van der Waals surface area contributed by atoms with Crippen molar-refractivity contribution < 1.29 is 105 Å². The largest absolute Gasteiger partial charge is 0.508 e. The van der Waals surface area contributed by atoms with Crippen LogP contribution >= 0.6 is 34.8 Å². The van der Waals surface area contributed by atoms with Gasteiger partial charge in [-0.1, -0.05) is 94.9 Å². The number of aromatic amines is 1. The number of nitrogens with one attached hydrogen (secondary N) is 1. The summed E-state index contributed by atoms with van der Waals surface area (Å²) in [5.41, 5.74) is 7.89. The van der Waals surface area contributed by atoms with Crippen LogP contribution in [0.5, 0.6) is 35.3 Å². The standard InChI is InChI=1S/C34H49ClFN3O6Si2.C32H43ClFN3O7Si.C26H29ClFN3O6/c1-34(2,3)47(7,8)45-28-18-43-30-27(17-42-31(28)30)44-33-38-26-16-23(35)25(37-32(26)39(33)19-41-11-12-46(4,5)6)14-21-10-9-20-13-22(40)15-24(36)29(20)21;1-32(2,39)16-43-20-10-18-6-7-19(27(18)22(34)12-20)11-23-21(33)13-24-30(35-23)37(17-40-8-9-45(3,4)5)31(36-24)44-26-15-42-28-25(38)14-41-29(26)28;1-26(2,33)11-36-14-5-12-3-4-13(21(12)16(28)7-14)6-17-15(27)8-18-24(29-17)31-25(30-18)37-20-10-35-22-19(32)9-34-23(20)22/h13,15-16,21,27-28,30-31,40H,9-12,14,17-19H2,1-8H3;10,12-13,19,25-26,28-29,38-39H,6-9,11,14-17H2,1-5H3;5,7-8,13,19-20,22-23,32-33H,3-4,6,9-11H2,1-2H3,(H,29,30,31)/t21?,27-,28-,30-,31-;19?,25-,26-,28-,29-;13?,19-,20-,22-,23-/m111/s1. The SMILES string of the molecule is CC(C)(C)[Si](C)(C)O[C@@H]1CO[C@H]2[C@@H]1OC[C@H]2Oc1nc2cc(Cl)c(CC3CCc4cc(O)cc(F)c43)nc2n1COCC[Si](C)(C)C.CC(C)(O)COc1cc(F)c2c(c1)CCC2Cc1nc2c(cc1Cl)nc(O[C@@H]1CO[C@H]3[C@@H]1OC[C@H]3O)n2COCC[Si](C)(C)C.CC(C)(O)COc1cc(F)c2c(c1)CCC2Cc1nc2nc(O[C@@H]3CO[C@H]4[C@@H]3OC[C@H]4O)[nH]c2cc1Cl. The van der Waals surface area contributed by atoms with E-state index in [0.717, 1.165) is 54.5 Å². The highest BCUT2D eigenvalue weighted by atomic mass is 35.5. The highest BCUT2D eigenvalue weighted by Gasteiger charge is 2.54. The molecular weight excluding hydrogens is 1780 g/mol. The molecule has 37 heteroatoms. The quantitative estimate of drug-likeness (QED) is 0.0180. The Morgan fingerprint density at radius 2 is 0.860 bits per heavy atom. The van der Waals surface area contributed by atoms with E-state index in [9.17, 15) is 29.9 Å². The summed E-state index contributed by atoms with van der Waals surface area (Å²) in [6.45, 7) is 35.2. The Morgan fingerprint density at radius 1 is 0.473 bits per heavy atom. The molecular formula is C92H121Cl3F3N9O19Si3. The van der Waals surface area contributed by atoms with Gasteiger partial charge in [0.15, 0.2) is 43.6 Å². The molecule has 6 saturated heterocycles. The maximum absolute atomic E-state index is 15.4. The number of benzene rings is 3. The summed E-state index contributed by atoms with van der Waals surface area (Å²) in [6.07, 6.45) is 0.995. The van der Waals surface area contributed by atoms with E-state index in [1.807, 2.05) is 16.7 Å². The van der Waals surface area contributed by atoms with Gasteiger partial charge in [0.2, 0.25) is 0 Å². The third kappa shape index (κ3) is 21.9. The van der Waals surface area contributed by atoms with Crippen LogP contribution in [0.25, 0.3) is 33.5 Å². The Balaban J connectivity index is 0.000000143. The van der Waals surface area contributed by atoms with Crippen molar-refractivity contribution in [2.24, 2.45) is 0 Å². The van der Waals surface area contributed by atoms with Crippen LogP contribution in [0.1, 0.15) is 136 Å². The summed E-state index contributed by atoms with van der Waals surface area (Å²) in [5, 5.41) is 51.4. The van der Waals surface area contributed by atoms with Crippen molar-refractivity contribution in [1.82, 2.24) is 44.0 Å². The first-order valence-corrected chi connectivity index (χ1v) is 56.3. The first-order valence-electron chi connectivity index (χ1n) is 44.8. The van der Waals surface area contributed by atoms with Crippen molar-refractivity contribution in [2.45, 2.75) is 291 Å². The van der Waals surface area contributed by atoms with Crippen LogP contribution in [0.15, 0.2) is 54.6 Å². The minimum atomic E-state index is -2.02. The zero-order valence-electron chi connectivity index (χ0n) is 75.9. The van der Waals surface area contributed by atoms with Gasteiger partial charge in [0.1, 0.15) is 121 Å². The predicted molar refractivity (Wildman–Crippen MR) is 487 cm³/mol. The van der Waals surface area contributed by atoms with Gasteiger partial charge in [-0.05, 0) is 203 Å². The number of aromatic nitrogens is 9. The third-order valence-electron chi connectivity index (χ3n) is 25.9. The van der Waals surface area contributed by atoms with E-state index < -0.39 is 78.4 Å². The number of pyridine rings is 3. The number of imidazole rings is 3. The molecule has 9 aromatic rings. The number of phenols is 1. The summed E-state index contributed by atoms with van der Waals surface area (Å²) in [7, 11) is -4.63. The van der Waals surface area contributed by atoms with Crippen molar-refractivity contribution in [1.29, 1.82) is 0 Å². The lowest BCUT2D eigenvalue weighted by molar-refractivity contribution is 0.00336. The Kier molecular flexibility index (Phi) is 28.1. The molecule has 0 bridgehead atoms. The van der Waals surface area contributed by atoms with Crippen LogP contribution in [-0.2, 0) is 94.3 Å². The van der Waals surface area contributed by atoms with Gasteiger partial charge in [-0.2, -0.15) is 15.0 Å². The van der Waals surface area contributed by atoms with Crippen molar-refractivity contribution in [3.63, 3.8) is 0 Å². The molecule has 0 radical (unpaired) electrons. The summed E-state index contributed by atoms with van der Waals surface area (Å²) < 4.78 is 133. The molecule has 0 saturated carbocycles. The Labute approximate surface area is 767 Å². The molecule has 18 rings (SSSR count). The van der Waals surface area contributed by atoms with E-state index in [4.69, 9.17) is 121 Å². The van der Waals surface area contributed by atoms with Crippen LogP contribution in [0.2, 0.25) is 84.6 Å². The lowest BCUT2D eigenvalue weighted by atomic mass is 9.95. The Morgan fingerprint density at radius 3 is 1.30 bits per heavy atom. The number of H-pyrrole nitrogens is 1. The Hall–Kier alpha value is -6.89. The predicted octanol–water partition coefficient (Wildman–Crippen LogP) is 15.4. The second kappa shape index (κ2) is 38.1. The highest BCUT2D eigenvalue weighted by Crippen LogP contribution is 2.47. The van der Waals surface area contributed by atoms with Gasteiger partial charge in [-0.3, -0.25) is 9.13 Å². The molecule has 0 amide bonds. The van der Waals surface area contributed by atoms with Crippen LogP contribution in [0, 0.1) is 17.5 Å². The number of fused-ring (bicyclic) bond motifs is 9. The number of halogens is 6. The van der Waals surface area contributed by atoms with Gasteiger partial charge < -0.3 is 96.5 Å². The topological polar surface area (TPSA) is 333 Å². The number of ether oxygens (including phenoxy) is 13. The molecule has 0 spiro atoms. The zero-order valence-corrected chi connectivity index (χ0v) is 81.2. The monoisotopic (exact) mass is 1900 g/mol.